The summed E-state index contributed by atoms with van der Waals surface area (Å²) in [7, 11) is -3.65. The smallest absolute Gasteiger partial charge is 0.337 e. The lowest BCUT2D eigenvalue weighted by molar-refractivity contribution is -0.138. The highest BCUT2D eigenvalue weighted by molar-refractivity contribution is 9.10. The molecule has 1 N–H and O–H groups in total. The predicted molar refractivity (Wildman–Crippen MR) is 168 cm³/mol. The number of hydrogen-bond acceptors (Lipinski definition) is 8. The van der Waals surface area contributed by atoms with E-state index in [2.05, 4.69) is 36.3 Å². The molecule has 5 rings (SSSR count). The normalized spacial score (nSPS) is 20.7. The Morgan fingerprint density at radius 2 is 1.93 bits per heavy atom. The van der Waals surface area contributed by atoms with Crippen molar-refractivity contribution in [3.63, 3.8) is 0 Å². The summed E-state index contributed by atoms with van der Waals surface area (Å²) in [4.78, 5) is 49.1. The van der Waals surface area contributed by atoms with Crippen molar-refractivity contribution in [3.8, 4) is 0 Å². The van der Waals surface area contributed by atoms with Gasteiger partial charge in [-0.25, -0.2) is 4.98 Å². The number of aromatic nitrogens is 2. The van der Waals surface area contributed by atoms with Crippen LogP contribution in [0.2, 0.25) is 0 Å². The highest BCUT2D eigenvalue weighted by Crippen LogP contribution is 2.60. The monoisotopic (exact) mass is 685 g/mol. The number of carbonyl (C=O) groups excluding carboxylic acids is 3. The largest absolute Gasteiger partial charge is 0.361 e. The molecule has 0 radical (unpaired) electrons. The van der Waals surface area contributed by atoms with Crippen molar-refractivity contribution >= 4 is 63.1 Å². The molecule has 15 heteroatoms. The molecular weight excluding hydrogens is 653 g/mol. The van der Waals surface area contributed by atoms with Crippen LogP contribution < -0.4 is 10.6 Å². The number of aryl methyl sites for hydroxylation is 1. The Bertz CT molecular complexity index is 1750. The van der Waals surface area contributed by atoms with Crippen LogP contribution in [0.4, 0.5) is 5.82 Å². The number of halogens is 1. The molecule has 2 aliphatic rings. The molecule has 1 saturated carbocycles. The first-order valence-corrected chi connectivity index (χ1v) is 16.6. The number of fused-ring (bicyclic) bond motifs is 2. The SMILES string of the molecule is CCOP(=O)(OCC)c1ccc2c(C(C)=O)cn(CC(=O)N3[C@H](C(=O)Nc4nc(Br)ccc4C)C[C@@]4(CN=[N+]=[N-])C[C@@H]34)c2c1. The zero-order valence-electron chi connectivity index (χ0n) is 24.8. The van der Waals surface area contributed by atoms with Gasteiger partial charge in [-0.05, 0) is 85.8 Å². The summed E-state index contributed by atoms with van der Waals surface area (Å²) in [5, 5.41) is 7.53. The van der Waals surface area contributed by atoms with Crippen LogP contribution in [0.5, 0.6) is 0 Å². The molecule has 3 heterocycles. The molecule has 2 amide bonds. The van der Waals surface area contributed by atoms with Crippen molar-refractivity contribution in [2.45, 2.75) is 59.2 Å². The Labute approximate surface area is 262 Å². The average Bonchev–Trinajstić information content (AvgIpc) is 3.40. The molecule has 232 valence electrons. The summed E-state index contributed by atoms with van der Waals surface area (Å²) < 4.78 is 26.8. The van der Waals surface area contributed by atoms with Gasteiger partial charge in [0, 0.05) is 40.1 Å². The third-order valence-electron chi connectivity index (χ3n) is 8.23. The van der Waals surface area contributed by atoms with Gasteiger partial charge in [0.1, 0.15) is 23.0 Å². The van der Waals surface area contributed by atoms with Gasteiger partial charge in [-0.1, -0.05) is 17.2 Å². The summed E-state index contributed by atoms with van der Waals surface area (Å²) in [6.45, 7) is 7.01. The van der Waals surface area contributed by atoms with Gasteiger partial charge in [-0.3, -0.25) is 18.9 Å². The summed E-state index contributed by atoms with van der Waals surface area (Å²) >= 11 is 3.33. The van der Waals surface area contributed by atoms with E-state index < -0.39 is 25.0 Å². The van der Waals surface area contributed by atoms with E-state index in [1.807, 2.05) is 13.0 Å². The first-order chi connectivity index (χ1) is 21.0. The standard InChI is InChI=1S/C29H33BrN7O6P/c1-5-42-44(41,43-6-2)19-8-9-20-21(18(4)38)14-36(22(20)11-19)15-26(39)37-23(12-29(13-24(29)37)16-32-35-31)28(40)34-27-17(3)7-10-25(30)33-27/h7-11,14,23-24H,5-6,12-13,15-16H2,1-4H3,(H,33,34,40)/t23-,24+,29-/m0/s1. The molecule has 2 fully saturated rings. The highest BCUT2D eigenvalue weighted by atomic mass is 79.9. The molecule has 1 aromatic carbocycles. The topological polar surface area (TPSA) is 169 Å². The number of nitrogens with one attached hydrogen (secondary N) is 1. The molecule has 2 aromatic heterocycles. The van der Waals surface area contributed by atoms with Gasteiger partial charge in [-0.15, -0.1) is 0 Å². The van der Waals surface area contributed by atoms with Crippen LogP contribution in [-0.4, -0.2) is 63.9 Å². The van der Waals surface area contributed by atoms with E-state index in [1.165, 1.54) is 6.92 Å². The maximum absolute atomic E-state index is 14.1. The summed E-state index contributed by atoms with van der Waals surface area (Å²) in [5.41, 5.74) is 10.1. The molecule has 44 heavy (non-hydrogen) atoms. The van der Waals surface area contributed by atoms with Gasteiger partial charge in [0.2, 0.25) is 11.8 Å². The summed E-state index contributed by atoms with van der Waals surface area (Å²) in [5.74, 6) is -0.551. The second-order valence-corrected chi connectivity index (χ2v) is 13.9. The lowest BCUT2D eigenvalue weighted by atomic mass is 9.99. The fourth-order valence-corrected chi connectivity index (χ4v) is 7.96. The van der Waals surface area contributed by atoms with Gasteiger partial charge >= 0.3 is 7.60 Å². The maximum atomic E-state index is 14.1. The Morgan fingerprint density at radius 1 is 1.20 bits per heavy atom. The number of hydrogen-bond donors (Lipinski definition) is 1. The third kappa shape index (κ3) is 5.92. The number of Topliss-reactive ketones (excluding diaryl/α,β-unsaturated/α-hetero) is 1. The number of nitrogens with zero attached hydrogens (tertiary/aromatic N) is 6. The summed E-state index contributed by atoms with van der Waals surface area (Å²) in [6, 6.07) is 7.39. The lowest BCUT2D eigenvalue weighted by Crippen LogP contribution is -2.46. The molecule has 13 nitrogen and oxygen atoms in total. The van der Waals surface area contributed by atoms with Crippen molar-refractivity contribution in [2.24, 2.45) is 10.5 Å². The van der Waals surface area contributed by atoms with Gasteiger partial charge in [0.25, 0.3) is 0 Å². The van der Waals surface area contributed by atoms with Gasteiger partial charge in [0.15, 0.2) is 5.78 Å². The Kier molecular flexibility index (Phi) is 9.02. The van der Waals surface area contributed by atoms with Crippen LogP contribution in [0.1, 0.15) is 49.5 Å². The van der Waals surface area contributed by atoms with E-state index in [0.717, 1.165) is 5.56 Å². The number of ketones is 1. The summed E-state index contributed by atoms with van der Waals surface area (Å²) in [6.07, 6.45) is 2.54. The van der Waals surface area contributed by atoms with Crippen molar-refractivity contribution in [3.05, 3.63) is 62.7 Å². The fraction of sp³-hybridized carbons (Fsp3) is 0.448. The van der Waals surface area contributed by atoms with Crippen LogP contribution in [-0.2, 0) is 29.7 Å². The van der Waals surface area contributed by atoms with E-state index in [9.17, 15) is 18.9 Å². The number of likely N-dealkylation sites (tertiary alicyclic amines) is 1. The number of benzene rings is 1. The molecule has 3 aromatic rings. The van der Waals surface area contributed by atoms with Crippen molar-refractivity contribution in [1.82, 2.24) is 14.5 Å². The number of carbonyl (C=O) groups is 3. The molecular formula is C29H33BrN7O6P. The van der Waals surface area contributed by atoms with E-state index in [-0.39, 0.29) is 44.0 Å². The van der Waals surface area contributed by atoms with Gasteiger partial charge in [0.05, 0.1) is 24.0 Å². The Hall–Kier alpha value is -3.54. The molecule has 0 unspecified atom stereocenters. The van der Waals surface area contributed by atoms with Gasteiger partial charge < -0.3 is 23.8 Å². The second-order valence-electron chi connectivity index (χ2n) is 11.0. The van der Waals surface area contributed by atoms with Crippen LogP contribution in [0.25, 0.3) is 21.3 Å². The van der Waals surface area contributed by atoms with E-state index in [0.29, 0.717) is 45.0 Å². The Morgan fingerprint density at radius 3 is 2.59 bits per heavy atom. The number of azide groups is 1. The molecule has 0 bridgehead atoms. The van der Waals surface area contributed by atoms with Crippen LogP contribution in [0.3, 0.4) is 0 Å². The minimum Gasteiger partial charge on any atom is -0.337 e. The number of piperidine rings is 1. The van der Waals surface area contributed by atoms with Crippen molar-refractivity contribution in [1.29, 1.82) is 0 Å². The third-order valence-corrected chi connectivity index (χ3v) is 10.8. The predicted octanol–water partition coefficient (Wildman–Crippen LogP) is 5.51. The zero-order chi connectivity index (χ0) is 31.8. The number of amides is 2. The second kappa shape index (κ2) is 12.5. The number of anilines is 1. The molecule has 1 aliphatic heterocycles. The quantitative estimate of drug-likeness (QED) is 0.0654. The molecule has 3 atom stereocenters. The maximum Gasteiger partial charge on any atom is 0.361 e. The molecule has 1 saturated heterocycles. The highest BCUT2D eigenvalue weighted by Gasteiger charge is 2.66. The minimum absolute atomic E-state index is 0.167. The minimum atomic E-state index is -3.65. The Balaban J connectivity index is 1.50. The van der Waals surface area contributed by atoms with E-state index >= 15 is 0 Å². The van der Waals surface area contributed by atoms with Crippen LogP contribution in [0.15, 0.2) is 46.2 Å². The van der Waals surface area contributed by atoms with Crippen LogP contribution >= 0.6 is 23.5 Å². The number of rotatable bonds is 12. The van der Waals surface area contributed by atoms with Crippen LogP contribution in [0, 0.1) is 12.3 Å². The van der Waals surface area contributed by atoms with E-state index in [1.54, 1.807) is 53.8 Å². The first-order valence-electron chi connectivity index (χ1n) is 14.3. The number of pyridine rings is 1. The zero-order valence-corrected chi connectivity index (χ0v) is 27.3. The van der Waals surface area contributed by atoms with Gasteiger partial charge in [-0.2, -0.15) is 0 Å². The molecule has 1 aliphatic carbocycles. The fourth-order valence-electron chi connectivity index (χ4n) is 6.06. The van der Waals surface area contributed by atoms with Crippen molar-refractivity contribution in [2.75, 3.05) is 25.1 Å². The first kappa shape index (κ1) is 31.9. The average molecular weight is 687 g/mol. The van der Waals surface area contributed by atoms with Crippen molar-refractivity contribution < 1.29 is 28.0 Å². The lowest BCUT2D eigenvalue weighted by Gasteiger charge is -2.27. The molecule has 0 spiro atoms. The van der Waals surface area contributed by atoms with E-state index in [4.69, 9.17) is 14.6 Å².